The van der Waals surface area contributed by atoms with Gasteiger partial charge in [0.2, 0.25) is 0 Å². The molecule has 5 heteroatoms. The number of rotatable bonds is 5. The van der Waals surface area contributed by atoms with E-state index in [-0.39, 0.29) is 11.5 Å². The molecule has 26 heavy (non-hydrogen) atoms. The normalized spacial score (nSPS) is 26.3. The molecule has 5 nitrogen and oxygen atoms in total. The zero-order chi connectivity index (χ0) is 18.5. The van der Waals surface area contributed by atoms with Gasteiger partial charge in [0.1, 0.15) is 18.3 Å². The second kappa shape index (κ2) is 8.38. The van der Waals surface area contributed by atoms with Crippen LogP contribution in [0.25, 0.3) is 0 Å². The van der Waals surface area contributed by atoms with Gasteiger partial charge in [-0.25, -0.2) is 0 Å². The molecule has 0 heterocycles. The SMILES string of the molecule is OCC1=C[C@H](/N=C\C(c2ccccc2)c2ccccc2)[C@H](O)C(O)[C@@H]1O. The van der Waals surface area contributed by atoms with Crippen molar-refractivity contribution >= 4 is 6.21 Å². The first-order chi connectivity index (χ1) is 12.6. The maximum absolute atomic E-state index is 10.2. The second-order valence-electron chi connectivity index (χ2n) is 6.41. The Morgan fingerprint density at radius 1 is 0.846 bits per heavy atom. The van der Waals surface area contributed by atoms with Gasteiger partial charge in [-0.1, -0.05) is 66.7 Å². The maximum atomic E-state index is 10.2. The Balaban J connectivity index is 1.93. The third kappa shape index (κ3) is 3.92. The number of aliphatic hydroxyl groups excluding tert-OH is 4. The molecule has 2 aromatic rings. The fourth-order valence-electron chi connectivity index (χ4n) is 3.17. The molecule has 3 rings (SSSR count). The van der Waals surface area contributed by atoms with Crippen LogP contribution in [0.1, 0.15) is 17.0 Å². The monoisotopic (exact) mass is 353 g/mol. The van der Waals surface area contributed by atoms with Gasteiger partial charge in [0.05, 0.1) is 12.6 Å². The van der Waals surface area contributed by atoms with E-state index in [1.54, 1.807) is 6.21 Å². The highest BCUT2D eigenvalue weighted by Crippen LogP contribution is 2.25. The van der Waals surface area contributed by atoms with Gasteiger partial charge in [0, 0.05) is 12.1 Å². The first-order valence-corrected chi connectivity index (χ1v) is 8.60. The topological polar surface area (TPSA) is 93.3 Å². The highest BCUT2D eigenvalue weighted by Gasteiger charge is 2.36. The summed E-state index contributed by atoms with van der Waals surface area (Å²) in [4.78, 5) is 4.47. The number of nitrogens with zero attached hydrogens (tertiary/aromatic N) is 1. The van der Waals surface area contributed by atoms with Crippen molar-refractivity contribution in [1.82, 2.24) is 0 Å². The van der Waals surface area contributed by atoms with Gasteiger partial charge < -0.3 is 20.4 Å². The van der Waals surface area contributed by atoms with Gasteiger partial charge in [0.15, 0.2) is 0 Å². The van der Waals surface area contributed by atoms with Crippen molar-refractivity contribution in [2.24, 2.45) is 4.99 Å². The summed E-state index contributed by atoms with van der Waals surface area (Å²) in [5, 5.41) is 39.4. The van der Waals surface area contributed by atoms with Crippen LogP contribution >= 0.6 is 0 Å². The van der Waals surface area contributed by atoms with Gasteiger partial charge in [0.25, 0.3) is 0 Å². The third-order valence-electron chi connectivity index (χ3n) is 4.70. The van der Waals surface area contributed by atoms with Gasteiger partial charge in [-0.3, -0.25) is 4.99 Å². The summed E-state index contributed by atoms with van der Waals surface area (Å²) in [5.74, 6) is -0.112. The molecule has 0 aliphatic heterocycles. The fourth-order valence-corrected chi connectivity index (χ4v) is 3.17. The molecule has 1 unspecified atom stereocenters. The van der Waals surface area contributed by atoms with E-state index in [9.17, 15) is 20.4 Å². The Kier molecular flexibility index (Phi) is 5.96. The standard InChI is InChI=1S/C21H23NO4/c23-13-16-11-18(20(25)21(26)19(16)24)22-12-17(14-7-3-1-4-8-14)15-9-5-2-6-10-15/h1-12,17-21,23-26H,13H2/b22-12-/t18-,19+,20-,21?/m0/s1. The van der Waals surface area contributed by atoms with E-state index in [1.807, 2.05) is 60.7 Å². The van der Waals surface area contributed by atoms with Crippen molar-refractivity contribution in [2.45, 2.75) is 30.3 Å². The van der Waals surface area contributed by atoms with E-state index in [2.05, 4.69) is 4.99 Å². The minimum atomic E-state index is -1.38. The predicted molar refractivity (Wildman–Crippen MR) is 100 cm³/mol. The minimum absolute atomic E-state index is 0.112. The Labute approximate surface area is 152 Å². The Bertz CT molecular complexity index is 721. The zero-order valence-corrected chi connectivity index (χ0v) is 14.3. The summed E-state index contributed by atoms with van der Waals surface area (Å²) in [6.07, 6.45) is -0.625. The second-order valence-corrected chi connectivity index (χ2v) is 6.41. The zero-order valence-electron chi connectivity index (χ0n) is 14.3. The van der Waals surface area contributed by atoms with Crippen molar-refractivity contribution in [3.8, 4) is 0 Å². The van der Waals surface area contributed by atoms with Crippen molar-refractivity contribution < 1.29 is 20.4 Å². The Morgan fingerprint density at radius 3 is 1.88 bits per heavy atom. The molecule has 1 aliphatic rings. The number of hydrogen-bond donors (Lipinski definition) is 4. The maximum Gasteiger partial charge on any atom is 0.112 e. The minimum Gasteiger partial charge on any atom is -0.392 e. The molecular formula is C21H23NO4. The number of hydrogen-bond acceptors (Lipinski definition) is 5. The van der Waals surface area contributed by atoms with Crippen LogP contribution in [0, 0.1) is 0 Å². The van der Waals surface area contributed by atoms with Crippen molar-refractivity contribution in [2.75, 3.05) is 6.61 Å². The van der Waals surface area contributed by atoms with Crippen molar-refractivity contribution in [3.63, 3.8) is 0 Å². The van der Waals surface area contributed by atoms with Gasteiger partial charge >= 0.3 is 0 Å². The lowest BCUT2D eigenvalue weighted by Gasteiger charge is -2.32. The summed E-state index contributed by atoms with van der Waals surface area (Å²) >= 11 is 0. The summed E-state index contributed by atoms with van der Waals surface area (Å²) in [7, 11) is 0. The number of aliphatic hydroxyl groups is 4. The van der Waals surface area contributed by atoms with Crippen LogP contribution in [0.3, 0.4) is 0 Å². The molecule has 2 aromatic carbocycles. The van der Waals surface area contributed by atoms with Gasteiger partial charge in [-0.05, 0) is 16.7 Å². The van der Waals surface area contributed by atoms with Crippen LogP contribution in [0.15, 0.2) is 77.3 Å². The molecule has 0 aromatic heterocycles. The average Bonchev–Trinajstić information content (AvgIpc) is 2.69. The molecule has 4 N–H and O–H groups in total. The van der Waals surface area contributed by atoms with Crippen LogP contribution in [0.2, 0.25) is 0 Å². The fraction of sp³-hybridized carbons (Fsp3) is 0.286. The third-order valence-corrected chi connectivity index (χ3v) is 4.70. The molecule has 0 bridgehead atoms. The van der Waals surface area contributed by atoms with Crippen molar-refractivity contribution in [3.05, 3.63) is 83.4 Å². The largest absolute Gasteiger partial charge is 0.392 e. The average molecular weight is 353 g/mol. The first kappa shape index (κ1) is 18.5. The molecule has 1 aliphatic carbocycles. The van der Waals surface area contributed by atoms with E-state index < -0.39 is 31.0 Å². The molecule has 0 saturated heterocycles. The quantitative estimate of drug-likeness (QED) is 0.481. The van der Waals surface area contributed by atoms with Crippen LogP contribution in [0.4, 0.5) is 0 Å². The molecule has 0 saturated carbocycles. The van der Waals surface area contributed by atoms with E-state index in [0.717, 1.165) is 11.1 Å². The van der Waals surface area contributed by atoms with Crippen LogP contribution in [-0.4, -0.2) is 57.6 Å². The van der Waals surface area contributed by atoms with E-state index in [4.69, 9.17) is 0 Å². The molecule has 0 fully saturated rings. The summed E-state index contributed by atoms with van der Waals surface area (Å²) < 4.78 is 0. The van der Waals surface area contributed by atoms with Crippen LogP contribution in [-0.2, 0) is 0 Å². The molecule has 0 amide bonds. The van der Waals surface area contributed by atoms with E-state index in [0.29, 0.717) is 0 Å². The Hall–Kier alpha value is -2.31. The van der Waals surface area contributed by atoms with Gasteiger partial charge in [-0.2, -0.15) is 0 Å². The molecule has 136 valence electrons. The highest BCUT2D eigenvalue weighted by molar-refractivity contribution is 5.73. The number of aliphatic imine (C=N–C) groups is 1. The van der Waals surface area contributed by atoms with E-state index >= 15 is 0 Å². The van der Waals surface area contributed by atoms with Gasteiger partial charge in [-0.15, -0.1) is 0 Å². The summed E-state index contributed by atoms with van der Waals surface area (Å²) in [6, 6.07) is 19.0. The molecule has 0 spiro atoms. The van der Waals surface area contributed by atoms with E-state index in [1.165, 1.54) is 6.08 Å². The molecule has 4 atom stereocenters. The first-order valence-electron chi connectivity index (χ1n) is 8.60. The van der Waals surface area contributed by atoms with Crippen LogP contribution < -0.4 is 0 Å². The summed E-state index contributed by atoms with van der Waals surface area (Å²) in [6.45, 7) is -0.391. The summed E-state index contributed by atoms with van der Waals surface area (Å²) in [5.41, 5.74) is 2.38. The van der Waals surface area contributed by atoms with Crippen LogP contribution in [0.5, 0.6) is 0 Å². The molecule has 0 radical (unpaired) electrons. The predicted octanol–water partition coefficient (Wildman–Crippen LogP) is 1.27. The lowest BCUT2D eigenvalue weighted by atomic mass is 9.88. The lowest BCUT2D eigenvalue weighted by Crippen LogP contribution is -2.48. The lowest BCUT2D eigenvalue weighted by molar-refractivity contribution is -0.0593. The Morgan fingerprint density at radius 2 is 1.38 bits per heavy atom. The smallest absolute Gasteiger partial charge is 0.112 e. The molecular weight excluding hydrogens is 330 g/mol. The van der Waals surface area contributed by atoms with Crippen molar-refractivity contribution in [1.29, 1.82) is 0 Å². The number of benzene rings is 2. The highest BCUT2D eigenvalue weighted by atomic mass is 16.4.